The van der Waals surface area contributed by atoms with Gasteiger partial charge in [0.25, 0.3) is 0 Å². The van der Waals surface area contributed by atoms with E-state index in [1.165, 1.54) is 13.2 Å². The summed E-state index contributed by atoms with van der Waals surface area (Å²) in [5.74, 6) is -2.33. The average molecular weight is 349 g/mol. The molecule has 9 heteroatoms. The maximum absolute atomic E-state index is 13.5. The molecule has 1 aromatic heterocycles. The van der Waals surface area contributed by atoms with Crippen LogP contribution in [0.3, 0.4) is 0 Å². The zero-order valence-electron chi connectivity index (χ0n) is 11.3. The topological polar surface area (TPSA) is 71.5 Å². The molecule has 5 nitrogen and oxygen atoms in total. The number of nitrogens with zero attached hydrogens (tertiary/aromatic N) is 1. The lowest BCUT2D eigenvalue weighted by Gasteiger charge is -2.13. The Labute approximate surface area is 133 Å². The summed E-state index contributed by atoms with van der Waals surface area (Å²) in [6.45, 7) is -0.206. The van der Waals surface area contributed by atoms with Gasteiger partial charge in [-0.05, 0) is 12.1 Å². The van der Waals surface area contributed by atoms with Crippen molar-refractivity contribution in [3.8, 4) is 0 Å². The van der Waals surface area contributed by atoms with E-state index >= 15 is 0 Å². The van der Waals surface area contributed by atoms with Gasteiger partial charge in [-0.3, -0.25) is 0 Å². The van der Waals surface area contributed by atoms with Crippen LogP contribution in [0.2, 0.25) is 5.15 Å². The Morgan fingerprint density at radius 3 is 2.73 bits per heavy atom. The molecule has 1 unspecified atom stereocenters. The van der Waals surface area contributed by atoms with Crippen molar-refractivity contribution in [2.75, 3.05) is 19.0 Å². The molecule has 2 aromatic rings. The number of thiazole rings is 1. The third-order valence-corrected chi connectivity index (χ3v) is 4.11. The Morgan fingerprint density at radius 2 is 2.14 bits per heavy atom. The standard InChI is InChI=1S/C13H11ClF2N2O3S/c1-21-12(20)10-11(14)18-13(22-10)17-5-8(19)9-6(15)3-2-4-7(9)16/h2-4,8,19H,5H2,1H3,(H,17,18). The van der Waals surface area contributed by atoms with E-state index in [1.807, 2.05) is 0 Å². The first-order valence-corrected chi connectivity index (χ1v) is 7.24. The average Bonchev–Trinajstić information content (AvgIpc) is 2.85. The van der Waals surface area contributed by atoms with Crippen LogP contribution in [0.1, 0.15) is 21.3 Å². The van der Waals surface area contributed by atoms with Crippen LogP contribution >= 0.6 is 22.9 Å². The van der Waals surface area contributed by atoms with E-state index in [2.05, 4.69) is 15.0 Å². The van der Waals surface area contributed by atoms with Crippen molar-refractivity contribution in [2.24, 2.45) is 0 Å². The van der Waals surface area contributed by atoms with Crippen LogP contribution in [-0.2, 0) is 4.74 Å². The fourth-order valence-electron chi connectivity index (χ4n) is 1.71. The number of esters is 1. The van der Waals surface area contributed by atoms with Crippen LogP contribution in [0.5, 0.6) is 0 Å². The van der Waals surface area contributed by atoms with Crippen molar-refractivity contribution in [2.45, 2.75) is 6.10 Å². The second kappa shape index (κ2) is 6.99. The summed E-state index contributed by atoms with van der Waals surface area (Å²) in [6.07, 6.45) is -1.43. The molecule has 1 atom stereocenters. The zero-order valence-corrected chi connectivity index (χ0v) is 12.8. The molecule has 118 valence electrons. The molecule has 2 N–H and O–H groups in total. The van der Waals surface area contributed by atoms with E-state index in [4.69, 9.17) is 11.6 Å². The zero-order chi connectivity index (χ0) is 16.3. The van der Waals surface area contributed by atoms with Crippen molar-refractivity contribution in [3.63, 3.8) is 0 Å². The molecule has 0 radical (unpaired) electrons. The minimum atomic E-state index is -1.43. The molecule has 0 aliphatic heterocycles. The molecule has 0 aliphatic rings. The highest BCUT2D eigenvalue weighted by Crippen LogP contribution is 2.28. The maximum atomic E-state index is 13.5. The number of ether oxygens (including phenoxy) is 1. The van der Waals surface area contributed by atoms with Crippen LogP contribution in [0.15, 0.2) is 18.2 Å². The number of benzene rings is 1. The first-order valence-electron chi connectivity index (χ1n) is 6.04. The number of hydrogen-bond acceptors (Lipinski definition) is 6. The van der Waals surface area contributed by atoms with Crippen LogP contribution in [0, 0.1) is 11.6 Å². The SMILES string of the molecule is COC(=O)c1sc(NCC(O)c2c(F)cccc2F)nc1Cl. The highest BCUT2D eigenvalue weighted by Gasteiger charge is 2.20. The number of carbonyl (C=O) groups excluding carboxylic acids is 1. The molecule has 0 aliphatic carbocycles. The largest absolute Gasteiger partial charge is 0.465 e. The number of nitrogens with one attached hydrogen (secondary N) is 1. The molecule has 1 heterocycles. The number of aliphatic hydroxyl groups is 1. The molecule has 0 saturated heterocycles. The van der Waals surface area contributed by atoms with Crippen LogP contribution in [0.25, 0.3) is 0 Å². The number of aromatic nitrogens is 1. The van der Waals surface area contributed by atoms with Crippen LogP contribution in [0.4, 0.5) is 13.9 Å². The Hall–Kier alpha value is -1.77. The third-order valence-electron chi connectivity index (χ3n) is 2.74. The van der Waals surface area contributed by atoms with Crippen LogP contribution < -0.4 is 5.32 Å². The van der Waals surface area contributed by atoms with E-state index in [9.17, 15) is 18.7 Å². The van der Waals surface area contributed by atoms with Gasteiger partial charge in [-0.2, -0.15) is 0 Å². The Balaban J connectivity index is 2.09. The lowest BCUT2D eigenvalue weighted by Crippen LogP contribution is -2.15. The number of halogens is 3. The van der Waals surface area contributed by atoms with Gasteiger partial charge in [0.2, 0.25) is 0 Å². The first-order chi connectivity index (χ1) is 10.4. The number of aliphatic hydroxyl groups excluding tert-OH is 1. The van der Waals surface area contributed by atoms with Gasteiger partial charge in [-0.25, -0.2) is 18.6 Å². The van der Waals surface area contributed by atoms with Crippen molar-refractivity contribution in [1.82, 2.24) is 4.98 Å². The second-order valence-corrected chi connectivity index (χ2v) is 5.52. The van der Waals surface area contributed by atoms with Gasteiger partial charge in [-0.15, -0.1) is 0 Å². The number of rotatable bonds is 5. The maximum Gasteiger partial charge on any atom is 0.351 e. The van der Waals surface area contributed by atoms with E-state index < -0.39 is 29.3 Å². The summed E-state index contributed by atoms with van der Waals surface area (Å²) in [5.41, 5.74) is -0.439. The lowest BCUT2D eigenvalue weighted by atomic mass is 10.1. The van der Waals surface area contributed by atoms with Gasteiger partial charge in [0, 0.05) is 6.54 Å². The van der Waals surface area contributed by atoms with Crippen molar-refractivity contribution in [1.29, 1.82) is 0 Å². The minimum absolute atomic E-state index is 0.0501. The number of hydrogen-bond donors (Lipinski definition) is 2. The highest BCUT2D eigenvalue weighted by atomic mass is 35.5. The van der Waals surface area contributed by atoms with Gasteiger partial charge >= 0.3 is 5.97 Å². The summed E-state index contributed by atoms with van der Waals surface area (Å²) >= 11 is 6.69. The summed E-state index contributed by atoms with van der Waals surface area (Å²) in [5, 5.41) is 12.7. The molecule has 0 saturated carbocycles. The summed E-state index contributed by atoms with van der Waals surface area (Å²) < 4.78 is 31.6. The van der Waals surface area contributed by atoms with Crippen molar-refractivity contribution < 1.29 is 23.4 Å². The monoisotopic (exact) mass is 348 g/mol. The molecule has 0 bridgehead atoms. The number of anilines is 1. The smallest absolute Gasteiger partial charge is 0.351 e. The van der Waals surface area contributed by atoms with E-state index in [-0.39, 0.29) is 21.7 Å². The molecule has 0 amide bonds. The second-order valence-electron chi connectivity index (χ2n) is 4.16. The quantitative estimate of drug-likeness (QED) is 0.813. The van der Waals surface area contributed by atoms with E-state index in [0.29, 0.717) is 0 Å². The predicted molar refractivity (Wildman–Crippen MR) is 78.3 cm³/mol. The Kier molecular flexibility index (Phi) is 5.28. The van der Waals surface area contributed by atoms with Gasteiger partial charge < -0.3 is 15.2 Å². The normalized spacial score (nSPS) is 12.0. The van der Waals surface area contributed by atoms with Gasteiger partial charge in [0.15, 0.2) is 15.2 Å². The minimum Gasteiger partial charge on any atom is -0.465 e. The molecule has 0 fully saturated rings. The number of methoxy groups -OCH3 is 1. The molecular weight excluding hydrogens is 338 g/mol. The third kappa shape index (κ3) is 3.52. The summed E-state index contributed by atoms with van der Waals surface area (Å²) in [7, 11) is 1.20. The number of carbonyl (C=O) groups is 1. The van der Waals surface area contributed by atoms with Crippen molar-refractivity contribution in [3.05, 3.63) is 45.4 Å². The lowest BCUT2D eigenvalue weighted by molar-refractivity contribution is 0.0606. The van der Waals surface area contributed by atoms with E-state index in [1.54, 1.807) is 0 Å². The van der Waals surface area contributed by atoms with E-state index in [0.717, 1.165) is 23.5 Å². The molecular formula is C13H11ClF2N2O3S. The van der Waals surface area contributed by atoms with Gasteiger partial charge in [0.05, 0.1) is 12.7 Å². The molecule has 0 spiro atoms. The molecule has 1 aromatic carbocycles. The molecule has 22 heavy (non-hydrogen) atoms. The molecule has 2 rings (SSSR count). The van der Waals surface area contributed by atoms with Crippen molar-refractivity contribution >= 4 is 34.0 Å². The summed E-state index contributed by atoms with van der Waals surface area (Å²) in [6, 6.07) is 3.31. The fraction of sp³-hybridized carbons (Fsp3) is 0.231. The Morgan fingerprint density at radius 1 is 1.50 bits per heavy atom. The summed E-state index contributed by atoms with van der Waals surface area (Å²) in [4.78, 5) is 15.3. The predicted octanol–water partition coefficient (Wildman–Crippen LogP) is 3.01. The van der Waals surface area contributed by atoms with Gasteiger partial charge in [0.1, 0.15) is 17.7 Å². The van der Waals surface area contributed by atoms with Crippen LogP contribution in [-0.4, -0.2) is 29.7 Å². The van der Waals surface area contributed by atoms with Gasteiger partial charge in [-0.1, -0.05) is 29.0 Å². The first kappa shape index (κ1) is 16.6. The fourth-order valence-corrected chi connectivity index (χ4v) is 2.82. The Bertz CT molecular complexity index is 676. The highest BCUT2D eigenvalue weighted by molar-refractivity contribution is 7.18.